The first kappa shape index (κ1) is 24.7. The average Bonchev–Trinajstić information content (AvgIpc) is 2.86. The van der Waals surface area contributed by atoms with Gasteiger partial charge in [-0.1, -0.05) is 37.3 Å². The monoisotopic (exact) mass is 483 g/mol. The van der Waals surface area contributed by atoms with E-state index in [0.717, 1.165) is 9.87 Å². The van der Waals surface area contributed by atoms with Crippen LogP contribution < -0.4 is 14.4 Å². The molecule has 0 aliphatic rings. The van der Waals surface area contributed by atoms with Crippen molar-refractivity contribution in [2.24, 2.45) is 0 Å². The molecule has 0 bridgehead atoms. The van der Waals surface area contributed by atoms with Crippen molar-refractivity contribution in [1.29, 1.82) is 0 Å². The zero-order valence-electron chi connectivity index (χ0n) is 18.7. The van der Waals surface area contributed by atoms with E-state index < -0.39 is 27.4 Å². The van der Waals surface area contributed by atoms with Gasteiger partial charge in [0, 0.05) is 12.1 Å². The Labute approximate surface area is 198 Å². The number of sulfonamides is 1. The standard InChI is InChI=1S/C24H25N3O6S/c1-3-23(18-9-15-21(33-2)16-10-18)25-24(28)17-26(19-11-13-20(14-12-19)27(29)30)34(31,32)22-7-5-4-6-8-22/h4-16,23H,3,17H2,1-2H3,(H,25,28)/t23-/m1/s1. The minimum absolute atomic E-state index is 0.00310. The van der Waals surface area contributed by atoms with E-state index in [1.807, 2.05) is 19.1 Å². The van der Waals surface area contributed by atoms with Crippen molar-refractivity contribution in [2.45, 2.75) is 24.3 Å². The van der Waals surface area contributed by atoms with Crippen LogP contribution >= 0.6 is 0 Å². The summed E-state index contributed by atoms with van der Waals surface area (Å²) in [7, 11) is -2.55. The molecule has 0 heterocycles. The molecular weight excluding hydrogens is 458 g/mol. The third kappa shape index (κ3) is 5.70. The van der Waals surface area contributed by atoms with Crippen LogP contribution in [0.25, 0.3) is 0 Å². The first-order valence-electron chi connectivity index (χ1n) is 10.5. The second-order valence-corrected chi connectivity index (χ2v) is 9.26. The number of nitro benzene ring substituents is 1. The number of carbonyl (C=O) groups is 1. The minimum atomic E-state index is -4.11. The van der Waals surface area contributed by atoms with E-state index in [1.54, 1.807) is 37.4 Å². The van der Waals surface area contributed by atoms with E-state index in [1.165, 1.54) is 36.4 Å². The third-order valence-corrected chi connectivity index (χ3v) is 7.02. The van der Waals surface area contributed by atoms with Crippen LogP contribution in [0.3, 0.4) is 0 Å². The molecule has 1 N–H and O–H groups in total. The second kappa shape index (κ2) is 10.8. The van der Waals surface area contributed by atoms with E-state index in [4.69, 9.17) is 4.74 Å². The van der Waals surface area contributed by atoms with Crippen molar-refractivity contribution in [3.8, 4) is 5.75 Å². The second-order valence-electron chi connectivity index (χ2n) is 7.40. The van der Waals surface area contributed by atoms with E-state index in [0.29, 0.717) is 12.2 Å². The van der Waals surface area contributed by atoms with E-state index >= 15 is 0 Å². The van der Waals surface area contributed by atoms with Crippen molar-refractivity contribution >= 4 is 27.3 Å². The summed E-state index contributed by atoms with van der Waals surface area (Å²) in [6.45, 7) is 1.41. The maximum absolute atomic E-state index is 13.4. The number of non-ortho nitro benzene ring substituents is 1. The first-order chi connectivity index (χ1) is 16.3. The van der Waals surface area contributed by atoms with Crippen LogP contribution in [0.1, 0.15) is 24.9 Å². The summed E-state index contributed by atoms with van der Waals surface area (Å²) in [4.78, 5) is 23.4. The van der Waals surface area contributed by atoms with Gasteiger partial charge < -0.3 is 10.1 Å². The summed E-state index contributed by atoms with van der Waals surface area (Å²) in [6.07, 6.45) is 0.584. The lowest BCUT2D eigenvalue weighted by molar-refractivity contribution is -0.384. The van der Waals surface area contributed by atoms with Crippen molar-refractivity contribution in [3.63, 3.8) is 0 Å². The maximum Gasteiger partial charge on any atom is 0.269 e. The SMILES string of the molecule is CC[C@@H](NC(=O)CN(c1ccc([N+](=O)[O-])cc1)S(=O)(=O)c1ccccc1)c1ccc(OC)cc1. The summed E-state index contributed by atoms with van der Waals surface area (Å²) in [5.41, 5.74) is 0.808. The van der Waals surface area contributed by atoms with Crippen LogP contribution in [0.2, 0.25) is 0 Å². The van der Waals surface area contributed by atoms with Crippen LogP contribution in [-0.4, -0.2) is 32.9 Å². The lowest BCUT2D eigenvalue weighted by Crippen LogP contribution is -2.42. The Morgan fingerprint density at radius 2 is 1.65 bits per heavy atom. The highest BCUT2D eigenvalue weighted by Gasteiger charge is 2.28. The molecule has 0 unspecified atom stereocenters. The maximum atomic E-state index is 13.4. The van der Waals surface area contributed by atoms with Gasteiger partial charge in [0.25, 0.3) is 15.7 Å². The molecule has 1 amide bonds. The quantitative estimate of drug-likeness (QED) is 0.343. The molecule has 0 aliphatic heterocycles. The van der Waals surface area contributed by atoms with Gasteiger partial charge in [-0.05, 0) is 48.4 Å². The highest BCUT2D eigenvalue weighted by atomic mass is 32.2. The molecule has 0 aliphatic carbocycles. The number of anilines is 1. The minimum Gasteiger partial charge on any atom is -0.497 e. The van der Waals surface area contributed by atoms with Crippen LogP contribution in [-0.2, 0) is 14.8 Å². The molecule has 0 aromatic heterocycles. The molecule has 3 aromatic carbocycles. The highest BCUT2D eigenvalue weighted by Crippen LogP contribution is 2.26. The number of nitro groups is 1. The number of nitrogens with one attached hydrogen (secondary N) is 1. The molecule has 1 atom stereocenters. The number of carbonyl (C=O) groups excluding carboxylic acids is 1. The average molecular weight is 484 g/mol. The number of nitrogens with zero attached hydrogens (tertiary/aromatic N) is 2. The predicted molar refractivity (Wildman–Crippen MR) is 128 cm³/mol. The van der Waals surface area contributed by atoms with Crippen LogP contribution in [0.5, 0.6) is 5.75 Å². The fourth-order valence-electron chi connectivity index (χ4n) is 3.40. The summed E-state index contributed by atoms with van der Waals surface area (Å²) in [6, 6.07) is 19.6. The van der Waals surface area contributed by atoms with Gasteiger partial charge in [-0.15, -0.1) is 0 Å². The zero-order chi connectivity index (χ0) is 24.7. The number of methoxy groups -OCH3 is 1. The van der Waals surface area contributed by atoms with Crippen LogP contribution in [0.15, 0.2) is 83.8 Å². The van der Waals surface area contributed by atoms with E-state index in [-0.39, 0.29) is 22.3 Å². The van der Waals surface area contributed by atoms with Gasteiger partial charge in [-0.3, -0.25) is 19.2 Å². The molecule has 10 heteroatoms. The molecule has 34 heavy (non-hydrogen) atoms. The lowest BCUT2D eigenvalue weighted by Gasteiger charge is -2.25. The number of ether oxygens (including phenoxy) is 1. The van der Waals surface area contributed by atoms with Crippen LogP contribution in [0.4, 0.5) is 11.4 Å². The molecular formula is C24H25N3O6S. The Balaban J connectivity index is 1.89. The van der Waals surface area contributed by atoms with Crippen molar-refractivity contribution < 1.29 is 22.9 Å². The summed E-state index contributed by atoms with van der Waals surface area (Å²) in [5.74, 6) is 0.170. The number of benzene rings is 3. The van der Waals surface area contributed by atoms with Gasteiger partial charge >= 0.3 is 0 Å². The fraction of sp³-hybridized carbons (Fsp3) is 0.208. The van der Waals surface area contributed by atoms with Crippen molar-refractivity contribution in [3.05, 3.63) is 94.5 Å². The van der Waals surface area contributed by atoms with E-state index in [2.05, 4.69) is 5.32 Å². The van der Waals surface area contributed by atoms with Gasteiger partial charge in [0.15, 0.2) is 0 Å². The topological polar surface area (TPSA) is 119 Å². The number of hydrogen-bond donors (Lipinski definition) is 1. The summed E-state index contributed by atoms with van der Waals surface area (Å²) >= 11 is 0. The molecule has 0 spiro atoms. The largest absolute Gasteiger partial charge is 0.497 e. The van der Waals surface area contributed by atoms with Crippen molar-refractivity contribution in [1.82, 2.24) is 5.32 Å². The number of amides is 1. The fourth-order valence-corrected chi connectivity index (χ4v) is 4.85. The molecule has 0 fully saturated rings. The van der Waals surface area contributed by atoms with Gasteiger partial charge in [-0.25, -0.2) is 8.42 Å². The Kier molecular flexibility index (Phi) is 7.85. The molecule has 9 nitrogen and oxygen atoms in total. The van der Waals surface area contributed by atoms with E-state index in [9.17, 15) is 23.3 Å². The van der Waals surface area contributed by atoms with Gasteiger partial charge in [0.05, 0.1) is 28.7 Å². The normalized spacial score (nSPS) is 11.9. The molecule has 0 radical (unpaired) electrons. The summed E-state index contributed by atoms with van der Waals surface area (Å²) < 4.78 is 32.9. The highest BCUT2D eigenvalue weighted by molar-refractivity contribution is 7.92. The first-order valence-corrected chi connectivity index (χ1v) is 12.0. The zero-order valence-corrected chi connectivity index (χ0v) is 19.6. The smallest absolute Gasteiger partial charge is 0.269 e. The third-order valence-electron chi connectivity index (χ3n) is 5.23. The van der Waals surface area contributed by atoms with Gasteiger partial charge in [-0.2, -0.15) is 0 Å². The lowest BCUT2D eigenvalue weighted by atomic mass is 10.0. The Hall–Kier alpha value is -3.92. The molecule has 0 saturated carbocycles. The number of hydrogen-bond acceptors (Lipinski definition) is 6. The Bertz CT molecular complexity index is 1230. The predicted octanol–water partition coefficient (Wildman–Crippen LogP) is 4.07. The Morgan fingerprint density at radius 1 is 1.03 bits per heavy atom. The summed E-state index contributed by atoms with van der Waals surface area (Å²) in [5, 5.41) is 13.9. The van der Waals surface area contributed by atoms with Crippen LogP contribution in [0, 0.1) is 10.1 Å². The van der Waals surface area contributed by atoms with Gasteiger partial charge in [0.1, 0.15) is 12.3 Å². The molecule has 3 aromatic rings. The van der Waals surface area contributed by atoms with Crippen molar-refractivity contribution in [2.75, 3.05) is 18.0 Å². The van der Waals surface area contributed by atoms with Gasteiger partial charge in [0.2, 0.25) is 5.91 Å². The molecule has 0 saturated heterocycles. The Morgan fingerprint density at radius 3 is 2.18 bits per heavy atom. The molecule has 178 valence electrons. The molecule has 3 rings (SSSR count). The number of rotatable bonds is 10.